The Morgan fingerprint density at radius 3 is 2.48 bits per heavy atom. The molecule has 0 aromatic carbocycles. The van der Waals surface area contributed by atoms with Crippen LogP contribution in [0.1, 0.15) is 30.7 Å². The molecule has 2 rings (SSSR count). The zero-order chi connectivity index (χ0) is 15.6. The van der Waals surface area contributed by atoms with Crippen LogP contribution in [0.5, 0.6) is 0 Å². The van der Waals surface area contributed by atoms with Crippen molar-refractivity contribution in [2.75, 3.05) is 26.2 Å². The number of hydrogen-bond donors (Lipinski definition) is 0. The average Bonchev–Trinajstić information content (AvgIpc) is 2.88. The smallest absolute Gasteiger partial charge is 0.244 e. The predicted octanol–water partition coefficient (Wildman–Crippen LogP) is 2.90. The number of piperazine rings is 1. The highest BCUT2D eigenvalue weighted by atomic mass is 35.5. The minimum absolute atomic E-state index is 0.250. The molecule has 120 valence electrons. The van der Waals surface area contributed by atoms with E-state index in [9.17, 15) is 8.42 Å². The lowest BCUT2D eigenvalue weighted by Gasteiger charge is -2.37. The topological polar surface area (TPSA) is 40.6 Å². The first-order chi connectivity index (χ1) is 9.91. The summed E-state index contributed by atoms with van der Waals surface area (Å²) in [6, 6.07) is 0.510. The fourth-order valence-corrected chi connectivity index (χ4v) is 6.13. The summed E-state index contributed by atoms with van der Waals surface area (Å²) in [5.41, 5.74) is 0.806. The van der Waals surface area contributed by atoms with Gasteiger partial charge in [0.2, 0.25) is 10.0 Å². The summed E-state index contributed by atoms with van der Waals surface area (Å²) >= 11 is 7.32. The molecule has 0 N–H and O–H groups in total. The number of halogens is 1. The quantitative estimate of drug-likeness (QED) is 0.767. The first-order valence-electron chi connectivity index (χ1n) is 7.29. The minimum Gasteiger partial charge on any atom is -0.298 e. The van der Waals surface area contributed by atoms with Gasteiger partial charge in [-0.05, 0) is 31.2 Å². The van der Waals surface area contributed by atoms with Crippen molar-refractivity contribution in [1.29, 1.82) is 0 Å². The number of thiophene rings is 1. The SMILES string of the molecule is CCC(C)N1CCN(S(=O)(=O)c2c(C)csc2CCl)CC1. The molecule has 1 unspecified atom stereocenters. The van der Waals surface area contributed by atoms with E-state index in [0.717, 1.165) is 30.0 Å². The summed E-state index contributed by atoms with van der Waals surface area (Å²) in [5, 5.41) is 1.88. The number of nitrogens with zero attached hydrogens (tertiary/aromatic N) is 2. The van der Waals surface area contributed by atoms with E-state index in [1.807, 2.05) is 12.3 Å². The molecular formula is C14H23ClN2O2S2. The third-order valence-corrected chi connectivity index (χ3v) is 7.98. The van der Waals surface area contributed by atoms with Gasteiger partial charge < -0.3 is 0 Å². The lowest BCUT2D eigenvalue weighted by Crippen LogP contribution is -2.51. The first-order valence-corrected chi connectivity index (χ1v) is 10.1. The van der Waals surface area contributed by atoms with Crippen LogP contribution >= 0.6 is 22.9 Å². The van der Waals surface area contributed by atoms with Gasteiger partial charge >= 0.3 is 0 Å². The second kappa shape index (κ2) is 6.96. The van der Waals surface area contributed by atoms with Gasteiger partial charge in [0, 0.05) is 37.1 Å². The third kappa shape index (κ3) is 3.45. The van der Waals surface area contributed by atoms with Gasteiger partial charge in [-0.1, -0.05) is 6.92 Å². The number of hydrogen-bond acceptors (Lipinski definition) is 4. The molecule has 1 aromatic heterocycles. The van der Waals surface area contributed by atoms with E-state index >= 15 is 0 Å². The Labute approximate surface area is 136 Å². The second-order valence-corrected chi connectivity index (χ2v) is 8.61. The maximum atomic E-state index is 12.9. The number of rotatable bonds is 5. The molecule has 2 heterocycles. The highest BCUT2D eigenvalue weighted by Gasteiger charge is 2.32. The van der Waals surface area contributed by atoms with Crippen LogP contribution in [0.4, 0.5) is 0 Å². The summed E-state index contributed by atoms with van der Waals surface area (Å²) in [4.78, 5) is 3.53. The molecule has 7 heteroatoms. The Morgan fingerprint density at radius 1 is 1.33 bits per heavy atom. The fraction of sp³-hybridized carbons (Fsp3) is 0.714. The monoisotopic (exact) mass is 350 g/mol. The zero-order valence-corrected chi connectivity index (χ0v) is 15.2. The van der Waals surface area contributed by atoms with Crippen molar-refractivity contribution in [3.8, 4) is 0 Å². The van der Waals surface area contributed by atoms with Crippen LogP contribution in [0.2, 0.25) is 0 Å². The van der Waals surface area contributed by atoms with E-state index in [2.05, 4.69) is 18.7 Å². The lowest BCUT2D eigenvalue weighted by atomic mass is 10.2. The molecule has 1 aliphatic rings. The Bertz CT molecular complexity index is 578. The van der Waals surface area contributed by atoms with Crippen molar-refractivity contribution in [1.82, 2.24) is 9.21 Å². The lowest BCUT2D eigenvalue weighted by molar-refractivity contribution is 0.142. The number of alkyl halides is 1. The molecule has 21 heavy (non-hydrogen) atoms. The summed E-state index contributed by atoms with van der Waals surface area (Å²) in [5.74, 6) is 0.250. The van der Waals surface area contributed by atoms with Crippen molar-refractivity contribution >= 4 is 33.0 Å². The summed E-state index contributed by atoms with van der Waals surface area (Å²) in [7, 11) is -3.42. The summed E-state index contributed by atoms with van der Waals surface area (Å²) in [6.45, 7) is 8.91. The van der Waals surface area contributed by atoms with Crippen LogP contribution in [-0.2, 0) is 15.9 Å². The molecule has 4 nitrogen and oxygen atoms in total. The molecule has 1 fully saturated rings. The van der Waals surface area contributed by atoms with Gasteiger partial charge in [-0.25, -0.2) is 8.42 Å². The van der Waals surface area contributed by atoms with E-state index in [0.29, 0.717) is 24.0 Å². The van der Waals surface area contributed by atoms with E-state index in [-0.39, 0.29) is 5.88 Å². The molecular weight excluding hydrogens is 328 g/mol. The molecule has 1 aliphatic heterocycles. The van der Waals surface area contributed by atoms with E-state index < -0.39 is 10.0 Å². The van der Waals surface area contributed by atoms with Gasteiger partial charge in [-0.3, -0.25) is 4.90 Å². The number of aryl methyl sites for hydroxylation is 1. The highest BCUT2D eigenvalue weighted by molar-refractivity contribution is 7.89. The van der Waals surface area contributed by atoms with Crippen molar-refractivity contribution in [3.63, 3.8) is 0 Å². The molecule has 0 saturated carbocycles. The molecule has 1 saturated heterocycles. The van der Waals surface area contributed by atoms with Gasteiger partial charge in [0.15, 0.2) is 0 Å². The number of sulfonamides is 1. The molecule has 1 aromatic rings. The molecule has 1 atom stereocenters. The Hall–Kier alpha value is -0.140. The Morgan fingerprint density at radius 2 is 1.95 bits per heavy atom. The van der Waals surface area contributed by atoms with Gasteiger partial charge in [0.25, 0.3) is 0 Å². The van der Waals surface area contributed by atoms with Crippen LogP contribution in [0.25, 0.3) is 0 Å². The molecule has 0 spiro atoms. The van der Waals surface area contributed by atoms with Crippen molar-refractivity contribution in [2.45, 2.75) is 44.0 Å². The predicted molar refractivity (Wildman–Crippen MR) is 88.7 cm³/mol. The van der Waals surface area contributed by atoms with Gasteiger partial charge in [0.1, 0.15) is 4.90 Å². The van der Waals surface area contributed by atoms with Crippen LogP contribution in [0.3, 0.4) is 0 Å². The second-order valence-electron chi connectivity index (χ2n) is 5.50. The Kier molecular flexibility index (Phi) is 5.71. The van der Waals surface area contributed by atoms with Gasteiger partial charge in [0.05, 0.1) is 5.88 Å². The summed E-state index contributed by atoms with van der Waals surface area (Å²) < 4.78 is 27.3. The van der Waals surface area contributed by atoms with E-state index in [1.165, 1.54) is 11.3 Å². The third-order valence-electron chi connectivity index (χ3n) is 4.20. The standard InChI is InChI=1S/C14H23ClN2O2S2/c1-4-12(3)16-5-7-17(8-6-16)21(18,19)14-11(2)10-20-13(14)9-15/h10,12H,4-9H2,1-3H3. The van der Waals surface area contributed by atoms with Crippen molar-refractivity contribution in [2.24, 2.45) is 0 Å². The normalized spacial score (nSPS) is 19.8. The molecule has 0 aliphatic carbocycles. The maximum Gasteiger partial charge on any atom is 0.244 e. The van der Waals surface area contributed by atoms with Crippen LogP contribution < -0.4 is 0 Å². The zero-order valence-electron chi connectivity index (χ0n) is 12.8. The fourth-order valence-electron chi connectivity index (χ4n) is 2.70. The van der Waals surface area contributed by atoms with Crippen molar-refractivity contribution in [3.05, 3.63) is 15.8 Å². The maximum absolute atomic E-state index is 12.9. The van der Waals surface area contributed by atoms with Crippen molar-refractivity contribution < 1.29 is 8.42 Å². The average molecular weight is 351 g/mol. The molecule has 0 bridgehead atoms. The minimum atomic E-state index is -3.42. The van der Waals surface area contributed by atoms with Gasteiger partial charge in [-0.15, -0.1) is 22.9 Å². The van der Waals surface area contributed by atoms with Crippen LogP contribution in [-0.4, -0.2) is 49.8 Å². The van der Waals surface area contributed by atoms with Crippen LogP contribution in [0, 0.1) is 6.92 Å². The van der Waals surface area contributed by atoms with Crippen LogP contribution in [0.15, 0.2) is 10.3 Å². The molecule has 0 amide bonds. The summed E-state index contributed by atoms with van der Waals surface area (Å²) in [6.07, 6.45) is 1.09. The van der Waals surface area contributed by atoms with Gasteiger partial charge in [-0.2, -0.15) is 4.31 Å². The van der Waals surface area contributed by atoms with E-state index in [1.54, 1.807) is 4.31 Å². The molecule has 0 radical (unpaired) electrons. The highest BCUT2D eigenvalue weighted by Crippen LogP contribution is 2.31. The first kappa shape index (κ1) is 17.2. The van der Waals surface area contributed by atoms with E-state index in [4.69, 9.17) is 11.6 Å². The largest absolute Gasteiger partial charge is 0.298 e. The Balaban J connectivity index is 2.17.